The minimum absolute atomic E-state index is 0.0136. The van der Waals surface area contributed by atoms with E-state index in [1.165, 1.54) is 23.3 Å². The van der Waals surface area contributed by atoms with Crippen LogP contribution in [0.25, 0.3) is 0 Å². The van der Waals surface area contributed by atoms with Gasteiger partial charge in [-0.2, -0.15) is 0 Å². The van der Waals surface area contributed by atoms with E-state index in [1.807, 2.05) is 19.1 Å². The summed E-state index contributed by atoms with van der Waals surface area (Å²) in [4.78, 5) is 24.0. The maximum absolute atomic E-state index is 12.8. The summed E-state index contributed by atoms with van der Waals surface area (Å²) in [5, 5.41) is 9.24. The first-order chi connectivity index (χ1) is 13.0. The molecule has 4 heteroatoms. The average molecular weight is 380 g/mol. The van der Waals surface area contributed by atoms with Crippen LogP contribution >= 0.6 is 0 Å². The molecule has 0 fully saturated rings. The van der Waals surface area contributed by atoms with Gasteiger partial charge < -0.3 is 9.84 Å². The van der Waals surface area contributed by atoms with E-state index in [-0.39, 0.29) is 16.4 Å². The predicted molar refractivity (Wildman–Crippen MR) is 109 cm³/mol. The van der Waals surface area contributed by atoms with Gasteiger partial charge in [0.15, 0.2) is 0 Å². The third-order valence-corrected chi connectivity index (χ3v) is 5.99. The molecule has 1 N–H and O–H groups in total. The Morgan fingerprint density at radius 2 is 1.61 bits per heavy atom. The van der Waals surface area contributed by atoms with E-state index in [1.54, 1.807) is 6.07 Å². The summed E-state index contributed by atoms with van der Waals surface area (Å²) in [6.45, 7) is 10.8. The second kappa shape index (κ2) is 7.08. The molecule has 148 valence electrons. The van der Waals surface area contributed by atoms with Gasteiger partial charge in [0, 0.05) is 0 Å². The van der Waals surface area contributed by atoms with Gasteiger partial charge in [0.2, 0.25) is 0 Å². The minimum atomic E-state index is -0.978. The van der Waals surface area contributed by atoms with E-state index < -0.39 is 11.9 Å². The van der Waals surface area contributed by atoms with Gasteiger partial charge in [0.05, 0.1) is 11.1 Å². The van der Waals surface area contributed by atoms with Crippen LogP contribution in [0.4, 0.5) is 0 Å². The first-order valence-corrected chi connectivity index (χ1v) is 9.78. The lowest BCUT2D eigenvalue weighted by molar-refractivity contribution is 0.0695. The topological polar surface area (TPSA) is 63.6 Å². The molecule has 0 saturated carbocycles. The van der Waals surface area contributed by atoms with Crippen molar-refractivity contribution in [3.8, 4) is 5.75 Å². The van der Waals surface area contributed by atoms with Crippen LogP contribution in [0.3, 0.4) is 0 Å². The van der Waals surface area contributed by atoms with E-state index in [9.17, 15) is 14.7 Å². The molecule has 1 aliphatic carbocycles. The fraction of sp³-hybridized carbons (Fsp3) is 0.417. The molecule has 0 atom stereocenters. The fourth-order valence-corrected chi connectivity index (χ4v) is 4.02. The Balaban J connectivity index is 1.91. The summed E-state index contributed by atoms with van der Waals surface area (Å²) in [6.07, 6.45) is 2.74. The van der Waals surface area contributed by atoms with Crippen molar-refractivity contribution >= 4 is 11.9 Å². The van der Waals surface area contributed by atoms with Crippen molar-refractivity contribution in [2.24, 2.45) is 0 Å². The molecule has 0 unspecified atom stereocenters. The van der Waals surface area contributed by atoms with Crippen molar-refractivity contribution in [3.63, 3.8) is 0 Å². The normalized spacial score (nSPS) is 16.9. The Hall–Kier alpha value is -2.62. The third kappa shape index (κ3) is 3.68. The second-order valence-electron chi connectivity index (χ2n) is 8.90. The lowest BCUT2D eigenvalue weighted by Gasteiger charge is -2.41. The van der Waals surface area contributed by atoms with Crippen LogP contribution in [0.2, 0.25) is 0 Å². The number of carboxylic acids is 1. The number of carbonyl (C=O) groups is 2. The van der Waals surface area contributed by atoms with Gasteiger partial charge in [-0.1, -0.05) is 40.7 Å². The van der Waals surface area contributed by atoms with E-state index >= 15 is 0 Å². The van der Waals surface area contributed by atoms with Crippen LogP contribution in [-0.2, 0) is 17.3 Å². The number of fused-ring (bicyclic) bond motifs is 1. The van der Waals surface area contributed by atoms with Gasteiger partial charge in [-0.25, -0.2) is 9.59 Å². The highest BCUT2D eigenvalue weighted by molar-refractivity contribution is 5.92. The van der Waals surface area contributed by atoms with E-state index in [0.717, 1.165) is 12.8 Å². The van der Waals surface area contributed by atoms with Gasteiger partial charge in [-0.05, 0) is 77.1 Å². The molecule has 0 radical (unpaired) electrons. The van der Waals surface area contributed by atoms with Crippen molar-refractivity contribution in [2.75, 3.05) is 0 Å². The number of aryl methyl sites for hydroxylation is 1. The molecule has 2 aromatic carbocycles. The number of aromatic carboxylic acids is 1. The molecule has 0 aliphatic heterocycles. The number of esters is 1. The highest BCUT2D eigenvalue weighted by atomic mass is 16.5. The number of ether oxygens (including phenoxy) is 1. The molecule has 0 heterocycles. The lowest BCUT2D eigenvalue weighted by atomic mass is 9.63. The number of rotatable bonds is 4. The molecule has 0 aromatic heterocycles. The van der Waals surface area contributed by atoms with Crippen molar-refractivity contribution in [1.82, 2.24) is 0 Å². The Morgan fingerprint density at radius 1 is 0.964 bits per heavy atom. The average Bonchev–Trinajstić information content (AvgIpc) is 2.65. The summed E-state index contributed by atoms with van der Waals surface area (Å²) in [5.41, 5.74) is 4.00. The first-order valence-electron chi connectivity index (χ1n) is 9.78. The Morgan fingerprint density at radius 3 is 2.21 bits per heavy atom. The maximum Gasteiger partial charge on any atom is 0.343 e. The van der Waals surface area contributed by atoms with Crippen molar-refractivity contribution < 1.29 is 19.4 Å². The van der Waals surface area contributed by atoms with Crippen molar-refractivity contribution in [2.45, 2.75) is 64.7 Å². The van der Waals surface area contributed by atoms with Gasteiger partial charge in [0.1, 0.15) is 5.75 Å². The highest BCUT2D eigenvalue weighted by Gasteiger charge is 2.37. The van der Waals surface area contributed by atoms with Crippen LogP contribution in [0.5, 0.6) is 5.75 Å². The van der Waals surface area contributed by atoms with Gasteiger partial charge in [-0.15, -0.1) is 0 Å². The van der Waals surface area contributed by atoms with Gasteiger partial charge in [-0.3, -0.25) is 0 Å². The largest absolute Gasteiger partial charge is 0.478 e. The predicted octanol–water partition coefficient (Wildman–Crippen LogP) is 5.52. The van der Waals surface area contributed by atoms with E-state index in [2.05, 4.69) is 33.8 Å². The molecule has 2 aromatic rings. The van der Waals surface area contributed by atoms with Crippen molar-refractivity contribution in [3.05, 3.63) is 64.2 Å². The number of hydrogen-bond acceptors (Lipinski definition) is 3. The van der Waals surface area contributed by atoms with Gasteiger partial charge in [0.25, 0.3) is 0 Å². The summed E-state index contributed by atoms with van der Waals surface area (Å²) in [5.74, 6) is -1.04. The zero-order chi connectivity index (χ0) is 20.7. The molecule has 0 saturated heterocycles. The standard InChI is InChI=1S/C24H28O4/c1-6-15-13-17(8-9-18(15)21(25)26)28-22(27)16-7-10-19-20(14-16)24(4,5)12-11-23(19,2)3/h7-10,13-14H,6,11-12H2,1-5H3,(H,25,26). The SMILES string of the molecule is CCc1cc(OC(=O)c2ccc3c(c2)C(C)(C)CCC3(C)C)ccc1C(=O)O. The smallest absolute Gasteiger partial charge is 0.343 e. The summed E-state index contributed by atoms with van der Waals surface area (Å²) in [6, 6.07) is 10.5. The third-order valence-electron chi connectivity index (χ3n) is 5.99. The Kier molecular flexibility index (Phi) is 5.09. The fourth-order valence-electron chi connectivity index (χ4n) is 4.02. The number of carbonyl (C=O) groups excluding carboxylic acids is 1. The summed E-state index contributed by atoms with van der Waals surface area (Å²) in [7, 11) is 0. The molecule has 0 amide bonds. The summed E-state index contributed by atoms with van der Waals surface area (Å²) >= 11 is 0. The van der Waals surface area contributed by atoms with Crippen LogP contribution in [0.1, 0.15) is 84.9 Å². The van der Waals surface area contributed by atoms with Crippen LogP contribution in [0, 0.1) is 0 Å². The minimum Gasteiger partial charge on any atom is -0.478 e. The quantitative estimate of drug-likeness (QED) is 0.561. The molecule has 4 nitrogen and oxygen atoms in total. The van der Waals surface area contributed by atoms with Crippen LogP contribution in [0.15, 0.2) is 36.4 Å². The molecular weight excluding hydrogens is 352 g/mol. The molecule has 0 bridgehead atoms. The molecular formula is C24H28O4. The van der Waals surface area contributed by atoms with Crippen LogP contribution in [-0.4, -0.2) is 17.0 Å². The Labute approximate surface area is 166 Å². The lowest BCUT2D eigenvalue weighted by Crippen LogP contribution is -2.34. The van der Waals surface area contributed by atoms with Gasteiger partial charge >= 0.3 is 11.9 Å². The monoisotopic (exact) mass is 380 g/mol. The zero-order valence-electron chi connectivity index (χ0n) is 17.3. The summed E-state index contributed by atoms with van der Waals surface area (Å²) < 4.78 is 5.56. The van der Waals surface area contributed by atoms with E-state index in [4.69, 9.17) is 4.74 Å². The number of carboxylic acid groups (broad SMARTS) is 1. The second-order valence-corrected chi connectivity index (χ2v) is 8.90. The molecule has 3 rings (SSSR count). The Bertz CT molecular complexity index is 938. The highest BCUT2D eigenvalue weighted by Crippen LogP contribution is 2.45. The number of hydrogen-bond donors (Lipinski definition) is 1. The van der Waals surface area contributed by atoms with Crippen LogP contribution < -0.4 is 4.74 Å². The molecule has 28 heavy (non-hydrogen) atoms. The molecule has 0 spiro atoms. The maximum atomic E-state index is 12.8. The first kappa shape index (κ1) is 20.1. The van der Waals surface area contributed by atoms with E-state index in [0.29, 0.717) is 23.3 Å². The number of benzene rings is 2. The molecule has 1 aliphatic rings. The van der Waals surface area contributed by atoms with Crippen molar-refractivity contribution in [1.29, 1.82) is 0 Å². The zero-order valence-corrected chi connectivity index (χ0v) is 17.3.